The van der Waals surface area contributed by atoms with Crippen LogP contribution >= 0.6 is 0 Å². The summed E-state index contributed by atoms with van der Waals surface area (Å²) in [7, 11) is 0. The van der Waals surface area contributed by atoms with Gasteiger partial charge in [-0.1, -0.05) is 12.1 Å². The van der Waals surface area contributed by atoms with Gasteiger partial charge in [0.15, 0.2) is 0 Å². The summed E-state index contributed by atoms with van der Waals surface area (Å²) in [6.45, 7) is 4.14. The molecule has 3 aliphatic heterocycles. The number of rotatable bonds is 5. The molecule has 3 heterocycles. The third kappa shape index (κ3) is 3.82. The van der Waals surface area contributed by atoms with E-state index in [1.807, 2.05) is 12.1 Å². The Labute approximate surface area is 165 Å². The Balaban J connectivity index is 1.44. The van der Waals surface area contributed by atoms with Gasteiger partial charge in [-0.2, -0.15) is 0 Å². The van der Waals surface area contributed by atoms with Crippen molar-refractivity contribution in [2.45, 2.75) is 51.2 Å². The van der Waals surface area contributed by atoms with E-state index in [1.165, 1.54) is 12.8 Å². The van der Waals surface area contributed by atoms with Gasteiger partial charge in [-0.25, -0.2) is 0 Å². The fourth-order valence-corrected chi connectivity index (χ4v) is 4.72. The van der Waals surface area contributed by atoms with Gasteiger partial charge < -0.3 is 10.6 Å². The number of nitrogens with two attached hydrogens (primary N) is 1. The van der Waals surface area contributed by atoms with Crippen molar-refractivity contribution in [1.29, 1.82) is 0 Å². The molecule has 2 saturated heterocycles. The minimum absolute atomic E-state index is 0.106. The first-order valence-electron chi connectivity index (χ1n) is 10.2. The van der Waals surface area contributed by atoms with Crippen molar-refractivity contribution in [2.24, 2.45) is 11.7 Å². The molecule has 0 aliphatic carbocycles. The van der Waals surface area contributed by atoms with Crippen LogP contribution in [0.4, 0.5) is 0 Å². The number of nitrogens with one attached hydrogen (secondary N) is 1. The summed E-state index contributed by atoms with van der Waals surface area (Å²) in [4.78, 5) is 40.5. The molecule has 7 nitrogen and oxygen atoms in total. The first kappa shape index (κ1) is 19.1. The molecule has 2 fully saturated rings. The first-order valence-corrected chi connectivity index (χ1v) is 10.2. The predicted octanol–water partition coefficient (Wildman–Crippen LogP) is 1.01. The van der Waals surface area contributed by atoms with Gasteiger partial charge in [0.25, 0.3) is 5.91 Å². The number of fused-ring (bicyclic) bond motifs is 1. The van der Waals surface area contributed by atoms with Crippen LogP contribution < -0.4 is 11.1 Å². The largest absolute Gasteiger partial charge is 0.330 e. The summed E-state index contributed by atoms with van der Waals surface area (Å²) in [6, 6.07) is 5.53. The van der Waals surface area contributed by atoms with Gasteiger partial charge in [0.2, 0.25) is 11.8 Å². The molecule has 7 heteroatoms. The van der Waals surface area contributed by atoms with Crippen molar-refractivity contribution in [3.05, 3.63) is 34.9 Å². The quantitative estimate of drug-likeness (QED) is 0.739. The lowest BCUT2D eigenvalue weighted by molar-refractivity contribution is -0.136. The number of nitrogens with zero attached hydrogens (tertiary/aromatic N) is 2. The lowest BCUT2D eigenvalue weighted by atomic mass is 9.94. The maximum atomic E-state index is 12.9. The smallest absolute Gasteiger partial charge is 0.255 e. The summed E-state index contributed by atoms with van der Waals surface area (Å²) >= 11 is 0. The van der Waals surface area contributed by atoms with Crippen LogP contribution in [0.3, 0.4) is 0 Å². The lowest BCUT2D eigenvalue weighted by Crippen LogP contribution is -2.52. The van der Waals surface area contributed by atoms with Crippen LogP contribution in [0.15, 0.2) is 18.2 Å². The molecule has 3 amide bonds. The first-order chi connectivity index (χ1) is 13.5. The average Bonchev–Trinajstić information content (AvgIpc) is 2.99. The number of piperidine rings is 2. The molecule has 1 aromatic rings. The van der Waals surface area contributed by atoms with E-state index in [0.29, 0.717) is 24.4 Å². The van der Waals surface area contributed by atoms with E-state index in [-0.39, 0.29) is 24.1 Å². The van der Waals surface area contributed by atoms with Crippen LogP contribution in [0.1, 0.15) is 53.6 Å². The van der Waals surface area contributed by atoms with Crippen molar-refractivity contribution in [2.75, 3.05) is 19.6 Å². The summed E-state index contributed by atoms with van der Waals surface area (Å²) in [6.07, 6.45) is 4.18. The Morgan fingerprint density at radius 1 is 1.18 bits per heavy atom. The van der Waals surface area contributed by atoms with Crippen LogP contribution in [-0.2, 0) is 22.7 Å². The Hall–Kier alpha value is -2.25. The normalized spacial score (nSPS) is 25.8. The summed E-state index contributed by atoms with van der Waals surface area (Å²) in [5.74, 6) is -0.0668. The molecule has 0 aromatic heterocycles. The zero-order valence-corrected chi connectivity index (χ0v) is 16.2. The van der Waals surface area contributed by atoms with E-state index in [1.54, 1.807) is 4.90 Å². The fourth-order valence-electron chi connectivity index (χ4n) is 4.72. The molecule has 0 saturated carbocycles. The highest BCUT2D eigenvalue weighted by atomic mass is 16.2. The van der Waals surface area contributed by atoms with E-state index in [0.717, 1.165) is 43.7 Å². The van der Waals surface area contributed by atoms with Crippen molar-refractivity contribution < 1.29 is 14.4 Å². The molecule has 3 N–H and O–H groups in total. The molecule has 3 aliphatic rings. The van der Waals surface area contributed by atoms with Gasteiger partial charge in [-0.15, -0.1) is 0 Å². The molecule has 0 bridgehead atoms. The topological polar surface area (TPSA) is 95.7 Å². The molecule has 28 heavy (non-hydrogen) atoms. The van der Waals surface area contributed by atoms with Crippen LogP contribution in [0.25, 0.3) is 0 Å². The van der Waals surface area contributed by atoms with E-state index >= 15 is 0 Å². The third-order valence-electron chi connectivity index (χ3n) is 6.18. The molecule has 2 atom stereocenters. The molecular weight excluding hydrogens is 356 g/mol. The van der Waals surface area contributed by atoms with Gasteiger partial charge in [0, 0.05) is 31.6 Å². The van der Waals surface area contributed by atoms with Gasteiger partial charge in [0.1, 0.15) is 6.04 Å². The standard InChI is InChI=1S/C21H28N4O3/c22-8-7-14-2-1-9-24(11-14)12-15-3-4-16-13-25(21(28)17(16)10-15)18-5-6-19(26)23-20(18)27/h3-4,10,14,18H,1-2,5-9,11-13,22H2,(H,23,26,27). The molecular formula is C21H28N4O3. The summed E-state index contributed by atoms with van der Waals surface area (Å²) in [5, 5.41) is 2.35. The molecule has 0 spiro atoms. The van der Waals surface area contributed by atoms with Gasteiger partial charge in [0.05, 0.1) is 0 Å². The number of likely N-dealkylation sites (tertiary alicyclic amines) is 1. The third-order valence-corrected chi connectivity index (χ3v) is 6.18. The highest BCUT2D eigenvalue weighted by molar-refractivity contribution is 6.05. The average molecular weight is 384 g/mol. The number of hydrogen-bond acceptors (Lipinski definition) is 5. The van der Waals surface area contributed by atoms with Crippen LogP contribution in [0.5, 0.6) is 0 Å². The number of hydrogen-bond donors (Lipinski definition) is 2. The Kier molecular flexibility index (Phi) is 5.46. The Morgan fingerprint density at radius 2 is 2.04 bits per heavy atom. The molecule has 4 rings (SSSR count). The van der Waals surface area contributed by atoms with Gasteiger partial charge in [-0.05, 0) is 61.9 Å². The highest BCUT2D eigenvalue weighted by Gasteiger charge is 2.39. The number of imide groups is 1. The maximum absolute atomic E-state index is 12.9. The number of benzene rings is 1. The van der Waals surface area contributed by atoms with E-state index in [4.69, 9.17) is 5.73 Å². The minimum Gasteiger partial charge on any atom is -0.330 e. The van der Waals surface area contributed by atoms with Crippen molar-refractivity contribution in [3.63, 3.8) is 0 Å². The molecule has 0 radical (unpaired) electrons. The van der Waals surface area contributed by atoms with E-state index in [9.17, 15) is 14.4 Å². The van der Waals surface area contributed by atoms with Gasteiger partial charge in [-0.3, -0.25) is 24.6 Å². The van der Waals surface area contributed by atoms with Crippen LogP contribution in [0, 0.1) is 5.92 Å². The predicted molar refractivity (Wildman–Crippen MR) is 104 cm³/mol. The zero-order valence-electron chi connectivity index (χ0n) is 16.2. The Bertz CT molecular complexity index is 792. The molecule has 150 valence electrons. The Morgan fingerprint density at radius 3 is 2.82 bits per heavy atom. The van der Waals surface area contributed by atoms with Crippen molar-refractivity contribution in [1.82, 2.24) is 15.1 Å². The lowest BCUT2D eigenvalue weighted by Gasteiger charge is -2.32. The summed E-state index contributed by atoms with van der Waals surface area (Å²) in [5.41, 5.74) is 8.50. The molecule has 1 aromatic carbocycles. The monoisotopic (exact) mass is 384 g/mol. The van der Waals surface area contributed by atoms with E-state index < -0.39 is 6.04 Å². The number of carbonyl (C=O) groups excluding carboxylic acids is 3. The second kappa shape index (κ2) is 8.01. The number of carbonyl (C=O) groups is 3. The second-order valence-corrected chi connectivity index (χ2v) is 8.21. The van der Waals surface area contributed by atoms with Crippen LogP contribution in [-0.4, -0.2) is 53.2 Å². The van der Waals surface area contributed by atoms with Crippen molar-refractivity contribution in [3.8, 4) is 0 Å². The highest BCUT2D eigenvalue weighted by Crippen LogP contribution is 2.29. The van der Waals surface area contributed by atoms with Gasteiger partial charge >= 0.3 is 0 Å². The fraction of sp³-hybridized carbons (Fsp3) is 0.571. The maximum Gasteiger partial charge on any atom is 0.255 e. The molecule has 2 unspecified atom stereocenters. The summed E-state index contributed by atoms with van der Waals surface area (Å²) < 4.78 is 0. The van der Waals surface area contributed by atoms with E-state index in [2.05, 4.69) is 16.3 Å². The number of amides is 3. The SMILES string of the molecule is NCCC1CCCN(Cc2ccc3c(c2)C(=O)N(C2CCC(=O)NC2=O)C3)C1. The minimum atomic E-state index is -0.555. The van der Waals surface area contributed by atoms with Crippen molar-refractivity contribution >= 4 is 17.7 Å². The second-order valence-electron chi connectivity index (χ2n) is 8.21. The van der Waals surface area contributed by atoms with Crippen LogP contribution in [0.2, 0.25) is 0 Å². The zero-order chi connectivity index (χ0) is 19.7.